The Morgan fingerprint density at radius 2 is 1.79 bits per heavy atom. The summed E-state index contributed by atoms with van der Waals surface area (Å²) in [7, 11) is 0. The summed E-state index contributed by atoms with van der Waals surface area (Å²) in [5, 5.41) is 15.7. The number of hydrogen-bond acceptors (Lipinski definition) is 5. The predicted octanol–water partition coefficient (Wildman–Crippen LogP) is -0.00310. The number of esters is 1. The molecule has 0 spiro atoms. The topological polar surface area (TPSA) is 93.1 Å². The molecule has 6 nitrogen and oxygen atoms in total. The van der Waals surface area contributed by atoms with Crippen LogP contribution in [0.3, 0.4) is 0 Å². The van der Waals surface area contributed by atoms with Gasteiger partial charge in [-0.3, -0.25) is 9.59 Å². The number of carbonyl (C=O) groups is 2. The molecule has 2 N–H and O–H groups in total. The fraction of sp³-hybridized carbons (Fsp3) is 0.750. The highest BCUT2D eigenvalue weighted by molar-refractivity contribution is 5.65. The van der Waals surface area contributed by atoms with Gasteiger partial charge in [0.05, 0.1) is 6.61 Å². The number of hydrogen-bond donors (Lipinski definition) is 2. The van der Waals surface area contributed by atoms with E-state index in [1.54, 1.807) is 0 Å². The number of aliphatic hydroxyl groups is 1. The first-order valence-electron chi connectivity index (χ1n) is 4.02. The average molecular weight is 208 g/mol. The van der Waals surface area contributed by atoms with Crippen molar-refractivity contribution >= 4 is 11.9 Å². The molecule has 0 heterocycles. The molecule has 0 aliphatic rings. The van der Waals surface area contributed by atoms with Crippen LogP contribution in [0.25, 0.3) is 0 Å². The first-order valence-corrected chi connectivity index (χ1v) is 4.02. The standard InChI is InChI=1S/C6H12O4.C2H4O2/c1-6(8)10-5-9-4-2-3-7;1-2(3)4/h7H,2-5H2,1H3;1H3,(H,3,4). The van der Waals surface area contributed by atoms with Crippen LogP contribution in [0.1, 0.15) is 20.3 Å². The molecule has 0 aromatic rings. The Kier molecular flexibility index (Phi) is 13.0. The van der Waals surface area contributed by atoms with E-state index in [4.69, 9.17) is 19.7 Å². The molecule has 0 aliphatic heterocycles. The summed E-state index contributed by atoms with van der Waals surface area (Å²) in [5.74, 6) is -1.19. The van der Waals surface area contributed by atoms with E-state index >= 15 is 0 Å². The minimum Gasteiger partial charge on any atom is -0.481 e. The zero-order valence-electron chi connectivity index (χ0n) is 8.36. The Hall–Kier alpha value is -1.14. The predicted molar refractivity (Wildman–Crippen MR) is 47.6 cm³/mol. The number of carbonyl (C=O) groups excluding carboxylic acids is 1. The monoisotopic (exact) mass is 208 g/mol. The van der Waals surface area contributed by atoms with Crippen molar-refractivity contribution in [2.75, 3.05) is 20.0 Å². The SMILES string of the molecule is CC(=O)O.CC(=O)OCOCCCO. The zero-order chi connectivity index (χ0) is 11.4. The van der Waals surface area contributed by atoms with E-state index < -0.39 is 5.97 Å². The summed E-state index contributed by atoms with van der Waals surface area (Å²) < 4.78 is 9.23. The summed E-state index contributed by atoms with van der Waals surface area (Å²) in [6.07, 6.45) is 0.571. The van der Waals surface area contributed by atoms with Crippen molar-refractivity contribution < 1.29 is 29.3 Å². The highest BCUT2D eigenvalue weighted by Crippen LogP contribution is 1.82. The van der Waals surface area contributed by atoms with Crippen LogP contribution in [0.5, 0.6) is 0 Å². The van der Waals surface area contributed by atoms with E-state index in [1.165, 1.54) is 6.92 Å². The van der Waals surface area contributed by atoms with Crippen LogP contribution in [0.15, 0.2) is 0 Å². The van der Waals surface area contributed by atoms with Crippen LogP contribution < -0.4 is 0 Å². The van der Waals surface area contributed by atoms with Crippen molar-refractivity contribution in [3.63, 3.8) is 0 Å². The van der Waals surface area contributed by atoms with Crippen molar-refractivity contribution in [3.05, 3.63) is 0 Å². The maximum Gasteiger partial charge on any atom is 0.304 e. The molecule has 14 heavy (non-hydrogen) atoms. The minimum absolute atomic E-state index is 0.0185. The van der Waals surface area contributed by atoms with Crippen LogP contribution in [-0.4, -0.2) is 42.2 Å². The summed E-state index contributed by atoms with van der Waals surface area (Å²) >= 11 is 0. The second kappa shape index (κ2) is 11.9. The van der Waals surface area contributed by atoms with Gasteiger partial charge in [-0.1, -0.05) is 0 Å². The van der Waals surface area contributed by atoms with E-state index in [0.29, 0.717) is 13.0 Å². The fourth-order valence-electron chi connectivity index (χ4n) is 0.350. The molecule has 0 radical (unpaired) electrons. The van der Waals surface area contributed by atoms with E-state index in [1.807, 2.05) is 0 Å². The van der Waals surface area contributed by atoms with Gasteiger partial charge in [0.1, 0.15) is 0 Å². The molecule has 0 saturated carbocycles. The van der Waals surface area contributed by atoms with E-state index in [9.17, 15) is 4.79 Å². The van der Waals surface area contributed by atoms with Gasteiger partial charge >= 0.3 is 5.97 Å². The summed E-state index contributed by atoms with van der Waals surface area (Å²) in [4.78, 5) is 19.1. The maximum atomic E-state index is 10.1. The second-order valence-electron chi connectivity index (χ2n) is 2.26. The van der Waals surface area contributed by atoms with Gasteiger partial charge in [-0.15, -0.1) is 0 Å². The van der Waals surface area contributed by atoms with E-state index in [2.05, 4.69) is 4.74 Å². The van der Waals surface area contributed by atoms with Crippen LogP contribution in [-0.2, 0) is 19.1 Å². The van der Waals surface area contributed by atoms with Gasteiger partial charge < -0.3 is 19.7 Å². The Labute approximate surface area is 82.4 Å². The van der Waals surface area contributed by atoms with Crippen LogP contribution in [0.4, 0.5) is 0 Å². The first kappa shape index (κ1) is 15.3. The third kappa shape index (κ3) is 30.7. The molecule has 0 amide bonds. The normalized spacial score (nSPS) is 8.50. The van der Waals surface area contributed by atoms with Gasteiger partial charge in [-0.25, -0.2) is 0 Å². The van der Waals surface area contributed by atoms with Crippen molar-refractivity contribution in [1.82, 2.24) is 0 Å². The molecule has 0 aliphatic carbocycles. The molecule has 0 aromatic heterocycles. The van der Waals surface area contributed by atoms with Gasteiger partial charge in [0.2, 0.25) is 0 Å². The summed E-state index contributed by atoms with van der Waals surface area (Å²) in [6.45, 7) is 2.90. The fourth-order valence-corrected chi connectivity index (χ4v) is 0.350. The molecule has 0 unspecified atom stereocenters. The maximum absolute atomic E-state index is 10.1. The lowest BCUT2D eigenvalue weighted by Gasteiger charge is -2.01. The lowest BCUT2D eigenvalue weighted by atomic mass is 10.5. The number of aliphatic carboxylic acids is 1. The van der Waals surface area contributed by atoms with Crippen LogP contribution in [0, 0.1) is 0 Å². The molecule has 0 saturated heterocycles. The van der Waals surface area contributed by atoms with Crippen molar-refractivity contribution in [1.29, 1.82) is 0 Å². The van der Waals surface area contributed by atoms with Gasteiger partial charge in [-0.05, 0) is 6.42 Å². The quantitative estimate of drug-likeness (QED) is 0.375. The Bertz CT molecular complexity index is 152. The number of aliphatic hydroxyl groups excluding tert-OH is 1. The smallest absolute Gasteiger partial charge is 0.304 e. The summed E-state index contributed by atoms with van der Waals surface area (Å²) in [6, 6.07) is 0. The zero-order valence-corrected chi connectivity index (χ0v) is 8.36. The molecular formula is C8H16O6. The largest absolute Gasteiger partial charge is 0.481 e. The van der Waals surface area contributed by atoms with Gasteiger partial charge in [-0.2, -0.15) is 0 Å². The van der Waals surface area contributed by atoms with Crippen LogP contribution >= 0.6 is 0 Å². The Morgan fingerprint density at radius 3 is 2.14 bits per heavy atom. The number of rotatable bonds is 5. The first-order chi connectivity index (χ1) is 6.50. The molecule has 0 atom stereocenters. The Balaban J connectivity index is 0. The summed E-state index contributed by atoms with van der Waals surface area (Å²) in [5.41, 5.74) is 0. The molecule has 0 rings (SSSR count). The van der Waals surface area contributed by atoms with Crippen molar-refractivity contribution in [2.24, 2.45) is 0 Å². The second-order valence-corrected chi connectivity index (χ2v) is 2.26. The third-order valence-corrected chi connectivity index (χ3v) is 0.792. The molecule has 0 aromatic carbocycles. The Morgan fingerprint density at radius 1 is 1.29 bits per heavy atom. The minimum atomic E-state index is -0.833. The number of carboxylic acid groups (broad SMARTS) is 1. The van der Waals surface area contributed by atoms with Crippen molar-refractivity contribution in [3.8, 4) is 0 Å². The van der Waals surface area contributed by atoms with Gasteiger partial charge in [0, 0.05) is 20.5 Å². The molecule has 0 fully saturated rings. The van der Waals surface area contributed by atoms with E-state index in [-0.39, 0.29) is 19.4 Å². The van der Waals surface area contributed by atoms with Gasteiger partial charge in [0.15, 0.2) is 6.79 Å². The van der Waals surface area contributed by atoms with Crippen molar-refractivity contribution in [2.45, 2.75) is 20.3 Å². The lowest BCUT2D eigenvalue weighted by Crippen LogP contribution is -2.05. The average Bonchev–Trinajstić information content (AvgIpc) is 2.02. The number of carboxylic acids is 1. The van der Waals surface area contributed by atoms with Gasteiger partial charge in [0.25, 0.3) is 5.97 Å². The number of ether oxygens (including phenoxy) is 2. The molecule has 84 valence electrons. The molecule has 6 heteroatoms. The molecular weight excluding hydrogens is 192 g/mol. The highest BCUT2D eigenvalue weighted by atomic mass is 16.7. The van der Waals surface area contributed by atoms with E-state index in [0.717, 1.165) is 6.92 Å². The lowest BCUT2D eigenvalue weighted by molar-refractivity contribution is -0.153. The molecule has 0 bridgehead atoms. The third-order valence-electron chi connectivity index (χ3n) is 0.792. The highest BCUT2D eigenvalue weighted by Gasteiger charge is 1.90. The van der Waals surface area contributed by atoms with Crippen LogP contribution in [0.2, 0.25) is 0 Å².